The quantitative estimate of drug-likeness (QED) is 0.676. The third-order valence-electron chi connectivity index (χ3n) is 2.49. The Bertz CT molecular complexity index is 559. The number of benzene rings is 1. The van der Waals surface area contributed by atoms with Crippen molar-refractivity contribution < 1.29 is 13.2 Å². The summed E-state index contributed by atoms with van der Waals surface area (Å²) in [7, 11) is -3.54. The largest absolute Gasteiger partial charge is 0.380 e. The summed E-state index contributed by atoms with van der Waals surface area (Å²) in [6.45, 7) is 7.24. The van der Waals surface area contributed by atoms with Crippen LogP contribution in [0.2, 0.25) is 0 Å². The predicted molar refractivity (Wildman–Crippen MR) is 87.4 cm³/mol. The highest BCUT2D eigenvalue weighted by Gasteiger charge is 2.18. The second-order valence-corrected chi connectivity index (χ2v) is 8.34. The summed E-state index contributed by atoms with van der Waals surface area (Å²) >= 11 is 6.63. The third kappa shape index (κ3) is 5.44. The summed E-state index contributed by atoms with van der Waals surface area (Å²) in [5, 5.41) is 0. The van der Waals surface area contributed by atoms with E-state index in [1.54, 1.807) is 12.1 Å². The Morgan fingerprint density at radius 1 is 1.25 bits per heavy atom. The molecule has 114 valence electrons. The maximum Gasteiger partial charge on any atom is 0.241 e. The zero-order chi connectivity index (χ0) is 15.3. The summed E-state index contributed by atoms with van der Waals surface area (Å²) in [5.74, 6) is 0.439. The van der Waals surface area contributed by atoms with Crippen molar-refractivity contribution >= 4 is 41.9 Å². The van der Waals surface area contributed by atoms with Gasteiger partial charge in [-0.05, 0) is 46.5 Å². The minimum Gasteiger partial charge on any atom is -0.380 e. The smallest absolute Gasteiger partial charge is 0.241 e. The molecule has 1 aromatic rings. The summed E-state index contributed by atoms with van der Waals surface area (Å²) in [5.41, 5.74) is 0.969. The highest BCUT2D eigenvalue weighted by molar-refractivity contribution is 9.11. The second kappa shape index (κ2) is 7.89. The SMILES string of the molecule is Cc1cc(Br)c(S(=O)(=O)NCCOCC(C)C)cc1Br. The minimum atomic E-state index is -3.54. The highest BCUT2D eigenvalue weighted by atomic mass is 79.9. The van der Waals surface area contributed by atoms with Crippen molar-refractivity contribution in [2.24, 2.45) is 5.92 Å². The van der Waals surface area contributed by atoms with E-state index in [0.29, 0.717) is 23.6 Å². The first kappa shape index (κ1) is 18.1. The molecule has 0 atom stereocenters. The van der Waals surface area contributed by atoms with E-state index in [2.05, 4.69) is 36.6 Å². The fourth-order valence-corrected chi connectivity index (χ4v) is 4.17. The van der Waals surface area contributed by atoms with Gasteiger partial charge in [0.2, 0.25) is 10.0 Å². The molecule has 0 spiro atoms. The van der Waals surface area contributed by atoms with E-state index in [0.717, 1.165) is 10.0 Å². The van der Waals surface area contributed by atoms with Crippen LogP contribution in [0.3, 0.4) is 0 Å². The lowest BCUT2D eigenvalue weighted by Gasteiger charge is -2.11. The van der Waals surface area contributed by atoms with E-state index in [4.69, 9.17) is 4.74 Å². The van der Waals surface area contributed by atoms with E-state index in [1.165, 1.54) is 0 Å². The van der Waals surface area contributed by atoms with Gasteiger partial charge >= 0.3 is 0 Å². The van der Waals surface area contributed by atoms with Crippen LogP contribution >= 0.6 is 31.9 Å². The zero-order valence-electron chi connectivity index (χ0n) is 11.7. The molecule has 0 amide bonds. The molecule has 0 bridgehead atoms. The fraction of sp³-hybridized carbons (Fsp3) is 0.538. The van der Waals surface area contributed by atoms with Crippen LogP contribution in [0, 0.1) is 12.8 Å². The number of ether oxygens (including phenoxy) is 1. The first-order chi connectivity index (χ1) is 9.24. The summed E-state index contributed by atoms with van der Waals surface area (Å²) in [6.07, 6.45) is 0. The summed E-state index contributed by atoms with van der Waals surface area (Å²) in [6, 6.07) is 3.37. The number of hydrogen-bond donors (Lipinski definition) is 1. The van der Waals surface area contributed by atoms with E-state index < -0.39 is 10.0 Å². The molecule has 1 aromatic carbocycles. The second-order valence-electron chi connectivity index (χ2n) is 4.90. The molecular weight excluding hydrogens is 410 g/mol. The first-order valence-corrected chi connectivity index (χ1v) is 9.34. The van der Waals surface area contributed by atoms with Gasteiger partial charge < -0.3 is 4.74 Å². The Kier molecular flexibility index (Phi) is 7.14. The van der Waals surface area contributed by atoms with Crippen LogP contribution in [0.4, 0.5) is 0 Å². The van der Waals surface area contributed by atoms with Gasteiger partial charge in [0.25, 0.3) is 0 Å². The lowest BCUT2D eigenvalue weighted by molar-refractivity contribution is 0.114. The van der Waals surface area contributed by atoms with Gasteiger partial charge in [-0.3, -0.25) is 0 Å². The van der Waals surface area contributed by atoms with Crippen LogP contribution in [0.5, 0.6) is 0 Å². The molecule has 0 heterocycles. The van der Waals surface area contributed by atoms with E-state index in [-0.39, 0.29) is 11.4 Å². The molecule has 0 saturated heterocycles. The molecule has 7 heteroatoms. The monoisotopic (exact) mass is 427 g/mol. The Labute approximate surface area is 137 Å². The van der Waals surface area contributed by atoms with Crippen molar-refractivity contribution in [1.29, 1.82) is 0 Å². The Morgan fingerprint density at radius 3 is 2.50 bits per heavy atom. The van der Waals surface area contributed by atoms with Gasteiger partial charge in [0, 0.05) is 22.1 Å². The number of rotatable bonds is 7. The minimum absolute atomic E-state index is 0.221. The first-order valence-electron chi connectivity index (χ1n) is 6.27. The van der Waals surface area contributed by atoms with E-state index >= 15 is 0 Å². The Morgan fingerprint density at radius 2 is 1.90 bits per heavy atom. The van der Waals surface area contributed by atoms with Gasteiger partial charge in [-0.1, -0.05) is 29.8 Å². The Hall–Kier alpha value is 0.0500. The van der Waals surface area contributed by atoms with Gasteiger partial charge in [0.1, 0.15) is 0 Å². The van der Waals surface area contributed by atoms with Gasteiger partial charge in [-0.2, -0.15) is 0 Å². The number of aryl methyl sites for hydroxylation is 1. The van der Waals surface area contributed by atoms with Crippen molar-refractivity contribution in [2.45, 2.75) is 25.7 Å². The van der Waals surface area contributed by atoms with Crippen molar-refractivity contribution in [2.75, 3.05) is 19.8 Å². The summed E-state index contributed by atoms with van der Waals surface area (Å²) in [4.78, 5) is 0.221. The maximum atomic E-state index is 12.2. The molecule has 0 fully saturated rings. The zero-order valence-corrected chi connectivity index (χ0v) is 15.7. The number of hydrogen-bond acceptors (Lipinski definition) is 3. The van der Waals surface area contributed by atoms with Gasteiger partial charge in [-0.25, -0.2) is 13.1 Å². The molecule has 0 aliphatic rings. The molecule has 0 unspecified atom stereocenters. The van der Waals surface area contributed by atoms with E-state index in [1.807, 2.05) is 20.8 Å². The van der Waals surface area contributed by atoms with E-state index in [9.17, 15) is 8.42 Å². The number of nitrogens with one attached hydrogen (secondary N) is 1. The average molecular weight is 429 g/mol. The van der Waals surface area contributed by atoms with Crippen LogP contribution in [-0.2, 0) is 14.8 Å². The molecule has 0 aromatic heterocycles. The molecule has 0 aliphatic carbocycles. The topological polar surface area (TPSA) is 55.4 Å². The number of halogens is 2. The van der Waals surface area contributed by atoms with Gasteiger partial charge in [0.15, 0.2) is 0 Å². The molecule has 1 rings (SSSR count). The predicted octanol–water partition coefficient (Wildman–Crippen LogP) is 3.47. The third-order valence-corrected chi connectivity index (χ3v) is 5.77. The molecule has 4 nitrogen and oxygen atoms in total. The van der Waals surface area contributed by atoms with Crippen LogP contribution in [0.25, 0.3) is 0 Å². The maximum absolute atomic E-state index is 12.2. The molecule has 20 heavy (non-hydrogen) atoms. The Balaban J connectivity index is 2.68. The average Bonchev–Trinajstić information content (AvgIpc) is 2.32. The molecule has 0 aliphatic heterocycles. The van der Waals surface area contributed by atoms with Gasteiger partial charge in [0.05, 0.1) is 11.5 Å². The lowest BCUT2D eigenvalue weighted by Crippen LogP contribution is -2.28. The molecular formula is C13H19Br2NO3S. The number of sulfonamides is 1. The highest BCUT2D eigenvalue weighted by Crippen LogP contribution is 2.28. The van der Waals surface area contributed by atoms with Crippen molar-refractivity contribution in [3.8, 4) is 0 Å². The lowest BCUT2D eigenvalue weighted by atomic mass is 10.2. The summed E-state index contributed by atoms with van der Waals surface area (Å²) < 4.78 is 33.6. The van der Waals surface area contributed by atoms with Crippen LogP contribution < -0.4 is 4.72 Å². The molecule has 1 N–H and O–H groups in total. The molecule has 0 radical (unpaired) electrons. The molecule has 0 saturated carbocycles. The normalized spacial score (nSPS) is 12.1. The standard InChI is InChI=1S/C13H19Br2NO3S/c1-9(2)8-19-5-4-16-20(17,18)13-7-11(14)10(3)6-12(13)15/h6-7,9,16H,4-5,8H2,1-3H3. The van der Waals surface area contributed by atoms with Gasteiger partial charge in [-0.15, -0.1) is 0 Å². The van der Waals surface area contributed by atoms with Crippen molar-refractivity contribution in [1.82, 2.24) is 4.72 Å². The van der Waals surface area contributed by atoms with Crippen LogP contribution in [0.1, 0.15) is 19.4 Å². The van der Waals surface area contributed by atoms with Crippen LogP contribution in [-0.4, -0.2) is 28.2 Å². The van der Waals surface area contributed by atoms with Crippen molar-refractivity contribution in [3.63, 3.8) is 0 Å². The van der Waals surface area contributed by atoms with Crippen molar-refractivity contribution in [3.05, 3.63) is 26.6 Å². The van der Waals surface area contributed by atoms with Crippen LogP contribution in [0.15, 0.2) is 26.0 Å². The fourth-order valence-electron chi connectivity index (χ4n) is 1.48.